The van der Waals surface area contributed by atoms with Crippen LogP contribution in [-0.2, 0) is 14.3 Å². The van der Waals surface area contributed by atoms with Crippen LogP contribution in [-0.4, -0.2) is 24.5 Å². The molecule has 1 N–H and O–H groups in total. The number of nitrogens with one attached hydrogen (secondary N) is 1. The number of hydrogen-bond acceptors (Lipinski definition) is 5. The molecule has 1 heterocycles. The highest BCUT2D eigenvalue weighted by Gasteiger charge is 2.40. The van der Waals surface area contributed by atoms with E-state index in [1.807, 2.05) is 45.0 Å². The van der Waals surface area contributed by atoms with Crippen LogP contribution in [0.3, 0.4) is 0 Å². The molecule has 0 unspecified atom stereocenters. The Kier molecular flexibility index (Phi) is 5.68. The van der Waals surface area contributed by atoms with Crippen molar-refractivity contribution < 1.29 is 19.1 Å². The van der Waals surface area contributed by atoms with Crippen molar-refractivity contribution in [3.8, 4) is 5.75 Å². The molecule has 3 rings (SSSR count). The summed E-state index contributed by atoms with van der Waals surface area (Å²) in [5.74, 6) is -0.0820. The number of dihydropyridines is 1. The first kappa shape index (κ1) is 19.2. The van der Waals surface area contributed by atoms with Gasteiger partial charge in [0.05, 0.1) is 24.2 Å². The molecule has 27 heavy (non-hydrogen) atoms. The topological polar surface area (TPSA) is 64.6 Å². The van der Waals surface area contributed by atoms with Gasteiger partial charge in [-0.3, -0.25) is 4.79 Å². The van der Waals surface area contributed by atoms with Crippen molar-refractivity contribution in [1.29, 1.82) is 0 Å². The predicted molar refractivity (Wildman–Crippen MR) is 103 cm³/mol. The van der Waals surface area contributed by atoms with E-state index in [1.165, 1.54) is 0 Å². The Labute approximate surface area is 160 Å². The van der Waals surface area contributed by atoms with Crippen LogP contribution in [0.5, 0.6) is 5.75 Å². The molecule has 0 bridgehead atoms. The van der Waals surface area contributed by atoms with Crippen LogP contribution in [0, 0.1) is 0 Å². The van der Waals surface area contributed by atoms with Gasteiger partial charge in [0.25, 0.3) is 0 Å². The minimum atomic E-state index is -0.469. The van der Waals surface area contributed by atoms with Crippen LogP contribution in [0.15, 0.2) is 46.8 Å². The maximum Gasteiger partial charge on any atom is 0.336 e. The Hall–Kier alpha value is -2.56. The lowest BCUT2D eigenvalue weighted by molar-refractivity contribution is -0.138. The summed E-state index contributed by atoms with van der Waals surface area (Å²) in [6, 6.07) is 7.65. The average Bonchev–Trinajstić information content (AvgIpc) is 2.61. The smallest absolute Gasteiger partial charge is 0.336 e. The van der Waals surface area contributed by atoms with Gasteiger partial charge < -0.3 is 14.8 Å². The summed E-state index contributed by atoms with van der Waals surface area (Å²) in [5, 5.41) is 3.29. The molecule has 1 atom stereocenters. The molecule has 144 valence electrons. The number of para-hydroxylation sites is 1. The Balaban J connectivity index is 2.19. The van der Waals surface area contributed by atoms with Crippen molar-refractivity contribution in [2.45, 2.75) is 59.0 Å². The molecule has 2 aliphatic rings. The number of benzene rings is 1. The Morgan fingerprint density at radius 2 is 2.00 bits per heavy atom. The Bertz CT molecular complexity index is 819. The summed E-state index contributed by atoms with van der Waals surface area (Å²) < 4.78 is 11.3. The second-order valence-corrected chi connectivity index (χ2v) is 7.19. The molecule has 5 heteroatoms. The minimum absolute atomic E-state index is 0.0144. The molecular formula is C22H27NO4. The number of ether oxygens (including phenoxy) is 2. The Morgan fingerprint density at radius 3 is 2.70 bits per heavy atom. The van der Waals surface area contributed by atoms with Gasteiger partial charge in [0.1, 0.15) is 5.75 Å². The summed E-state index contributed by atoms with van der Waals surface area (Å²) in [5.41, 5.74) is 3.66. The normalized spacial score (nSPS) is 19.7. The number of ketones is 1. The third-order valence-electron chi connectivity index (χ3n) is 4.86. The molecule has 0 saturated heterocycles. The van der Waals surface area contributed by atoms with E-state index in [4.69, 9.17) is 9.47 Å². The fourth-order valence-electron chi connectivity index (χ4n) is 3.85. The summed E-state index contributed by atoms with van der Waals surface area (Å²) in [6.45, 7) is 7.86. The first-order chi connectivity index (χ1) is 12.9. The molecule has 0 fully saturated rings. The summed E-state index contributed by atoms with van der Waals surface area (Å²) in [7, 11) is 0. The third kappa shape index (κ3) is 3.77. The minimum Gasteiger partial charge on any atom is -0.491 e. The van der Waals surface area contributed by atoms with Crippen molar-refractivity contribution in [2.24, 2.45) is 0 Å². The van der Waals surface area contributed by atoms with E-state index in [1.54, 1.807) is 6.92 Å². The molecule has 0 amide bonds. The van der Waals surface area contributed by atoms with E-state index in [0.717, 1.165) is 29.8 Å². The van der Waals surface area contributed by atoms with Crippen molar-refractivity contribution >= 4 is 11.8 Å². The second kappa shape index (κ2) is 7.99. The molecule has 0 saturated carbocycles. The van der Waals surface area contributed by atoms with Gasteiger partial charge in [-0.1, -0.05) is 18.2 Å². The van der Waals surface area contributed by atoms with E-state index >= 15 is 0 Å². The van der Waals surface area contributed by atoms with Crippen molar-refractivity contribution in [2.75, 3.05) is 6.61 Å². The fourth-order valence-corrected chi connectivity index (χ4v) is 3.85. The van der Waals surface area contributed by atoms with Gasteiger partial charge in [-0.05, 0) is 46.6 Å². The quantitative estimate of drug-likeness (QED) is 0.795. The number of esters is 1. The zero-order valence-electron chi connectivity index (χ0n) is 16.4. The second-order valence-electron chi connectivity index (χ2n) is 7.19. The lowest BCUT2D eigenvalue weighted by atomic mass is 9.75. The fraction of sp³-hybridized carbons (Fsp3) is 0.455. The highest BCUT2D eigenvalue weighted by atomic mass is 16.5. The molecule has 5 nitrogen and oxygen atoms in total. The van der Waals surface area contributed by atoms with Crippen molar-refractivity contribution in [3.63, 3.8) is 0 Å². The van der Waals surface area contributed by atoms with Crippen LogP contribution >= 0.6 is 0 Å². The van der Waals surface area contributed by atoms with Crippen LogP contribution in [0.4, 0.5) is 0 Å². The van der Waals surface area contributed by atoms with Crippen molar-refractivity contribution in [3.05, 3.63) is 52.4 Å². The molecule has 1 aliphatic heterocycles. The number of allylic oxidation sites excluding steroid dienone is 3. The standard InChI is InChI=1S/C22H27NO4/c1-5-26-22(25)19-14(4)23-16-10-8-11-17(24)21(16)20(19)15-9-6-7-12-18(15)27-13(2)3/h6-7,9,12-13,20,23H,5,8,10-11H2,1-4H3/t20-/m0/s1. The molecule has 1 aromatic rings. The van der Waals surface area contributed by atoms with E-state index < -0.39 is 11.9 Å². The zero-order valence-corrected chi connectivity index (χ0v) is 16.4. The summed E-state index contributed by atoms with van der Waals surface area (Å²) in [6.07, 6.45) is 2.11. The first-order valence-electron chi connectivity index (χ1n) is 9.60. The van der Waals surface area contributed by atoms with Crippen LogP contribution < -0.4 is 10.1 Å². The van der Waals surface area contributed by atoms with Gasteiger partial charge in [-0.2, -0.15) is 0 Å². The summed E-state index contributed by atoms with van der Waals surface area (Å²) in [4.78, 5) is 25.7. The largest absolute Gasteiger partial charge is 0.491 e. The van der Waals surface area contributed by atoms with E-state index in [-0.39, 0.29) is 18.5 Å². The number of carbonyl (C=O) groups is 2. The highest BCUT2D eigenvalue weighted by Crippen LogP contribution is 2.45. The number of rotatable bonds is 5. The van der Waals surface area contributed by atoms with Gasteiger partial charge in [-0.25, -0.2) is 4.79 Å². The summed E-state index contributed by atoms with van der Waals surface area (Å²) >= 11 is 0. The maximum atomic E-state index is 12.9. The van der Waals surface area contributed by atoms with Gasteiger partial charge in [-0.15, -0.1) is 0 Å². The number of Topliss-reactive ketones (excluding diaryl/α,β-unsaturated/α-hetero) is 1. The maximum absolute atomic E-state index is 12.9. The molecule has 0 radical (unpaired) electrons. The van der Waals surface area contributed by atoms with E-state index in [0.29, 0.717) is 23.3 Å². The lowest BCUT2D eigenvalue weighted by Gasteiger charge is -2.34. The number of carbonyl (C=O) groups excluding carboxylic acids is 2. The molecule has 0 aromatic heterocycles. The zero-order chi connectivity index (χ0) is 19.6. The van der Waals surface area contributed by atoms with E-state index in [2.05, 4.69) is 5.32 Å². The van der Waals surface area contributed by atoms with E-state index in [9.17, 15) is 9.59 Å². The lowest BCUT2D eigenvalue weighted by Crippen LogP contribution is -2.34. The molecule has 1 aromatic carbocycles. The monoisotopic (exact) mass is 369 g/mol. The van der Waals surface area contributed by atoms with Gasteiger partial charge in [0.2, 0.25) is 0 Å². The number of hydrogen-bond donors (Lipinski definition) is 1. The van der Waals surface area contributed by atoms with Crippen LogP contribution in [0.1, 0.15) is 58.4 Å². The van der Waals surface area contributed by atoms with Crippen molar-refractivity contribution in [1.82, 2.24) is 5.32 Å². The van der Waals surface area contributed by atoms with Gasteiger partial charge in [0.15, 0.2) is 5.78 Å². The van der Waals surface area contributed by atoms with Gasteiger partial charge >= 0.3 is 5.97 Å². The molecule has 0 spiro atoms. The Morgan fingerprint density at radius 1 is 1.26 bits per heavy atom. The first-order valence-corrected chi connectivity index (χ1v) is 9.60. The molecular weight excluding hydrogens is 342 g/mol. The van der Waals surface area contributed by atoms with Crippen LogP contribution in [0.2, 0.25) is 0 Å². The third-order valence-corrected chi connectivity index (χ3v) is 4.86. The highest BCUT2D eigenvalue weighted by molar-refractivity contribution is 6.04. The average molecular weight is 369 g/mol. The SMILES string of the molecule is CCOC(=O)C1=C(C)NC2=C(C(=O)CCC2)[C@H]1c1ccccc1OC(C)C. The molecule has 1 aliphatic carbocycles. The van der Waals surface area contributed by atoms with Crippen LogP contribution in [0.25, 0.3) is 0 Å². The van der Waals surface area contributed by atoms with Gasteiger partial charge in [0, 0.05) is 29.0 Å². The predicted octanol–water partition coefficient (Wildman–Crippen LogP) is 4.00.